The van der Waals surface area contributed by atoms with Crippen LogP contribution in [0.5, 0.6) is 0 Å². The van der Waals surface area contributed by atoms with E-state index in [2.05, 4.69) is 40.3 Å². The summed E-state index contributed by atoms with van der Waals surface area (Å²) >= 11 is 0. The Hall–Kier alpha value is -2.22. The molecule has 0 amide bonds. The highest BCUT2D eigenvalue weighted by Gasteiger charge is 2.61. The molecule has 2 unspecified atom stereocenters. The summed E-state index contributed by atoms with van der Waals surface area (Å²) in [6.45, 7) is 10.2. The predicted octanol–water partition coefficient (Wildman–Crippen LogP) is 4.94. The van der Waals surface area contributed by atoms with Gasteiger partial charge in [-0.1, -0.05) is 50.2 Å². The molecule has 0 spiro atoms. The maximum Gasteiger partial charge on any atom is 0.471 e. The zero-order valence-corrected chi connectivity index (χ0v) is 17.4. The standard InChI is InChI=1S/C22H26F3N3O2/c1-13(10-28-11-16-17(12-28)21(16,2)3)4-9-18(29)14-5-7-15(8-6-14)19-26-20(30-27-19)22(23,24)25/h5-8,13,16-17H,4,9-12H2,1-3H3/t13-,16?,17?/m0/s1. The average molecular weight is 421 g/mol. The van der Waals surface area contributed by atoms with Crippen molar-refractivity contribution in [1.29, 1.82) is 0 Å². The number of ketones is 1. The van der Waals surface area contributed by atoms with Gasteiger partial charge in [0, 0.05) is 37.2 Å². The maximum atomic E-state index is 12.6. The molecule has 4 rings (SSSR count). The summed E-state index contributed by atoms with van der Waals surface area (Å²) in [6, 6.07) is 6.28. The number of alkyl halides is 3. The quantitative estimate of drug-likeness (QED) is 0.593. The fourth-order valence-corrected chi connectivity index (χ4v) is 4.68. The van der Waals surface area contributed by atoms with Crippen molar-refractivity contribution in [2.75, 3.05) is 19.6 Å². The van der Waals surface area contributed by atoms with Gasteiger partial charge in [-0.25, -0.2) is 0 Å². The first-order chi connectivity index (χ1) is 14.1. The Balaban J connectivity index is 1.26. The van der Waals surface area contributed by atoms with Crippen molar-refractivity contribution in [3.8, 4) is 11.4 Å². The fraction of sp³-hybridized carbons (Fsp3) is 0.591. The highest BCUT2D eigenvalue weighted by atomic mass is 19.4. The maximum absolute atomic E-state index is 12.6. The number of hydrogen-bond acceptors (Lipinski definition) is 5. The molecule has 162 valence electrons. The average Bonchev–Trinajstić information content (AvgIpc) is 3.16. The molecular formula is C22H26F3N3O2. The molecule has 1 aromatic carbocycles. The van der Waals surface area contributed by atoms with Crippen molar-refractivity contribution in [3.63, 3.8) is 0 Å². The van der Waals surface area contributed by atoms with Crippen molar-refractivity contribution in [1.82, 2.24) is 15.0 Å². The largest absolute Gasteiger partial charge is 0.471 e. The number of benzene rings is 1. The lowest BCUT2D eigenvalue weighted by Crippen LogP contribution is -2.30. The smallest absolute Gasteiger partial charge is 0.329 e. The van der Waals surface area contributed by atoms with E-state index in [1.165, 1.54) is 13.1 Å². The number of hydrogen-bond donors (Lipinski definition) is 0. The van der Waals surface area contributed by atoms with Gasteiger partial charge in [0.15, 0.2) is 5.78 Å². The van der Waals surface area contributed by atoms with Gasteiger partial charge >= 0.3 is 12.1 Å². The molecule has 2 fully saturated rings. The van der Waals surface area contributed by atoms with Gasteiger partial charge in [-0.15, -0.1) is 0 Å². The minimum absolute atomic E-state index is 0.0305. The summed E-state index contributed by atoms with van der Waals surface area (Å²) in [5.74, 6) is 0.594. The third-order valence-corrected chi connectivity index (χ3v) is 6.77. The van der Waals surface area contributed by atoms with E-state index in [9.17, 15) is 18.0 Å². The minimum Gasteiger partial charge on any atom is -0.329 e. The highest BCUT2D eigenvalue weighted by Crippen LogP contribution is 2.61. The van der Waals surface area contributed by atoms with Crippen molar-refractivity contribution >= 4 is 5.78 Å². The third-order valence-electron chi connectivity index (χ3n) is 6.77. The Bertz CT molecular complexity index is 906. The second kappa shape index (κ2) is 7.48. The molecule has 8 heteroatoms. The molecule has 2 heterocycles. The van der Waals surface area contributed by atoms with Gasteiger partial charge in [-0.05, 0) is 29.6 Å². The van der Waals surface area contributed by atoms with Crippen LogP contribution in [0.4, 0.5) is 13.2 Å². The molecule has 2 aliphatic rings. The van der Waals surface area contributed by atoms with E-state index < -0.39 is 12.1 Å². The number of halogens is 3. The van der Waals surface area contributed by atoms with Gasteiger partial charge in [-0.3, -0.25) is 4.79 Å². The number of piperidine rings is 1. The number of Topliss-reactive ketones (excluding diaryl/α,β-unsaturated/α-hetero) is 1. The summed E-state index contributed by atoms with van der Waals surface area (Å²) in [4.78, 5) is 18.4. The molecule has 3 atom stereocenters. The Kier molecular flexibility index (Phi) is 5.24. The molecule has 1 saturated carbocycles. The molecule has 30 heavy (non-hydrogen) atoms. The molecule has 0 radical (unpaired) electrons. The molecule has 1 aliphatic heterocycles. The van der Waals surface area contributed by atoms with Crippen molar-refractivity contribution < 1.29 is 22.5 Å². The first-order valence-electron chi connectivity index (χ1n) is 10.3. The molecule has 0 N–H and O–H groups in total. The normalized spacial score (nSPS) is 23.9. The first-order valence-corrected chi connectivity index (χ1v) is 10.3. The van der Waals surface area contributed by atoms with E-state index in [0.29, 0.717) is 28.9 Å². The van der Waals surface area contributed by atoms with Gasteiger partial charge in [-0.2, -0.15) is 18.2 Å². The lowest BCUT2D eigenvalue weighted by molar-refractivity contribution is -0.159. The van der Waals surface area contributed by atoms with Gasteiger partial charge in [0.2, 0.25) is 5.82 Å². The van der Waals surface area contributed by atoms with Gasteiger partial charge in [0.25, 0.3) is 0 Å². The van der Waals surface area contributed by atoms with E-state index in [-0.39, 0.29) is 11.6 Å². The number of likely N-dealkylation sites (tertiary alicyclic amines) is 1. The van der Waals surface area contributed by atoms with Crippen LogP contribution in [0.25, 0.3) is 11.4 Å². The monoisotopic (exact) mass is 421 g/mol. The topological polar surface area (TPSA) is 59.2 Å². The number of aromatic nitrogens is 2. The predicted molar refractivity (Wildman–Crippen MR) is 105 cm³/mol. The zero-order valence-electron chi connectivity index (χ0n) is 17.4. The van der Waals surface area contributed by atoms with Gasteiger partial charge in [0.1, 0.15) is 0 Å². The summed E-state index contributed by atoms with van der Waals surface area (Å²) in [5.41, 5.74) is 1.42. The van der Waals surface area contributed by atoms with Crippen LogP contribution in [0.3, 0.4) is 0 Å². The van der Waals surface area contributed by atoms with Crippen LogP contribution in [-0.4, -0.2) is 40.5 Å². The molecule has 2 aromatic rings. The number of carbonyl (C=O) groups is 1. The molecular weight excluding hydrogens is 395 g/mol. The van der Waals surface area contributed by atoms with Crippen LogP contribution in [0.1, 0.15) is 49.9 Å². The molecule has 0 bridgehead atoms. The molecule has 1 saturated heterocycles. The molecule has 1 aromatic heterocycles. The van der Waals surface area contributed by atoms with Crippen LogP contribution < -0.4 is 0 Å². The van der Waals surface area contributed by atoms with E-state index in [4.69, 9.17) is 0 Å². The van der Waals surface area contributed by atoms with Crippen molar-refractivity contribution in [2.24, 2.45) is 23.2 Å². The van der Waals surface area contributed by atoms with E-state index >= 15 is 0 Å². The Morgan fingerprint density at radius 3 is 2.43 bits per heavy atom. The van der Waals surface area contributed by atoms with E-state index in [1.807, 2.05) is 0 Å². The number of nitrogens with zero attached hydrogens (tertiary/aromatic N) is 3. The van der Waals surface area contributed by atoms with Gasteiger partial charge in [0.05, 0.1) is 0 Å². The summed E-state index contributed by atoms with van der Waals surface area (Å²) < 4.78 is 42.0. The SMILES string of the molecule is C[C@@H](CCC(=O)c1ccc(-c2noc(C(F)(F)F)n2)cc1)CN1CC2C(C1)C2(C)C. The number of carbonyl (C=O) groups excluding carboxylic acids is 1. The van der Waals surface area contributed by atoms with Crippen LogP contribution >= 0.6 is 0 Å². The van der Waals surface area contributed by atoms with E-state index in [1.54, 1.807) is 24.3 Å². The first kappa shape index (κ1) is 21.0. The molecule has 5 nitrogen and oxygen atoms in total. The Morgan fingerprint density at radius 1 is 1.23 bits per heavy atom. The summed E-state index contributed by atoms with van der Waals surface area (Å²) in [5, 5.41) is 3.36. The molecule has 1 aliphatic carbocycles. The second-order valence-electron chi connectivity index (χ2n) is 9.32. The van der Waals surface area contributed by atoms with E-state index in [0.717, 1.165) is 24.8 Å². The van der Waals surface area contributed by atoms with Gasteiger partial charge < -0.3 is 9.42 Å². The van der Waals surface area contributed by atoms with Crippen LogP contribution in [0.2, 0.25) is 0 Å². The number of rotatable bonds is 7. The van der Waals surface area contributed by atoms with Crippen molar-refractivity contribution in [3.05, 3.63) is 35.7 Å². The lowest BCUT2D eigenvalue weighted by Gasteiger charge is -2.25. The third kappa shape index (κ3) is 4.15. The second-order valence-corrected chi connectivity index (χ2v) is 9.32. The summed E-state index contributed by atoms with van der Waals surface area (Å²) in [6.07, 6.45) is -3.41. The van der Waals surface area contributed by atoms with Crippen LogP contribution in [-0.2, 0) is 6.18 Å². The minimum atomic E-state index is -4.68. The van der Waals surface area contributed by atoms with Crippen molar-refractivity contribution in [2.45, 2.75) is 39.8 Å². The Morgan fingerprint density at radius 2 is 1.87 bits per heavy atom. The zero-order chi connectivity index (χ0) is 21.7. The van der Waals surface area contributed by atoms with Crippen LogP contribution in [0.15, 0.2) is 28.8 Å². The summed E-state index contributed by atoms with van der Waals surface area (Å²) in [7, 11) is 0. The fourth-order valence-electron chi connectivity index (χ4n) is 4.68. The Labute approximate surface area is 173 Å². The van der Waals surface area contributed by atoms with Crippen LogP contribution in [0, 0.1) is 23.2 Å². The number of fused-ring (bicyclic) bond motifs is 1. The lowest BCUT2D eigenvalue weighted by atomic mass is 9.98. The highest BCUT2D eigenvalue weighted by molar-refractivity contribution is 5.96.